The Morgan fingerprint density at radius 3 is 2.52 bits per heavy atom. The lowest BCUT2D eigenvalue weighted by molar-refractivity contribution is -0.135. The summed E-state index contributed by atoms with van der Waals surface area (Å²) in [4.78, 5) is 31.4. The Morgan fingerprint density at radius 1 is 1.07 bits per heavy atom. The van der Waals surface area contributed by atoms with E-state index in [0.717, 1.165) is 17.5 Å². The molecule has 0 saturated heterocycles. The standard InChI is InChI=1S/C24H27N3O2/c1-15(2)22(26-23(28)17-10-8-16(3)9-11-17)24(29)27-13-12-21-19(14-27)18-6-4-5-7-20(18)25-21/h4-11,15,22,25H,12-14H2,1-3H3,(H,26,28)/t22-/m0/s1. The lowest BCUT2D eigenvalue weighted by Gasteiger charge is -2.32. The van der Waals surface area contributed by atoms with E-state index < -0.39 is 6.04 Å². The van der Waals surface area contributed by atoms with Crippen LogP contribution in [-0.2, 0) is 17.8 Å². The summed E-state index contributed by atoms with van der Waals surface area (Å²) in [7, 11) is 0. The first-order valence-electron chi connectivity index (χ1n) is 10.2. The van der Waals surface area contributed by atoms with Crippen molar-refractivity contribution in [3.8, 4) is 0 Å². The van der Waals surface area contributed by atoms with E-state index in [0.29, 0.717) is 18.7 Å². The fourth-order valence-corrected chi connectivity index (χ4v) is 3.99. The third kappa shape index (κ3) is 3.77. The summed E-state index contributed by atoms with van der Waals surface area (Å²) in [6.45, 7) is 7.15. The number of aromatic amines is 1. The summed E-state index contributed by atoms with van der Waals surface area (Å²) in [6.07, 6.45) is 0.798. The number of para-hydroxylation sites is 1. The van der Waals surface area contributed by atoms with Crippen molar-refractivity contribution >= 4 is 22.7 Å². The minimum absolute atomic E-state index is 0.00117. The topological polar surface area (TPSA) is 65.2 Å². The predicted molar refractivity (Wildman–Crippen MR) is 115 cm³/mol. The maximum atomic E-state index is 13.3. The van der Waals surface area contributed by atoms with E-state index in [-0.39, 0.29) is 17.7 Å². The molecule has 0 spiro atoms. The molecule has 0 aliphatic carbocycles. The van der Waals surface area contributed by atoms with Crippen molar-refractivity contribution in [3.63, 3.8) is 0 Å². The van der Waals surface area contributed by atoms with E-state index in [1.165, 1.54) is 16.6 Å². The molecular formula is C24H27N3O2. The van der Waals surface area contributed by atoms with E-state index in [1.807, 2.05) is 49.9 Å². The van der Waals surface area contributed by atoms with Gasteiger partial charge in [-0.05, 0) is 31.0 Å². The van der Waals surface area contributed by atoms with Gasteiger partial charge in [-0.1, -0.05) is 49.7 Å². The number of nitrogens with zero attached hydrogens (tertiary/aromatic N) is 1. The van der Waals surface area contributed by atoms with E-state index in [9.17, 15) is 9.59 Å². The van der Waals surface area contributed by atoms with Crippen molar-refractivity contribution in [2.45, 2.75) is 39.8 Å². The molecule has 2 heterocycles. The number of benzene rings is 2. The van der Waals surface area contributed by atoms with Crippen LogP contribution in [0.4, 0.5) is 0 Å². The molecule has 4 rings (SSSR count). The maximum Gasteiger partial charge on any atom is 0.251 e. The van der Waals surface area contributed by atoms with Gasteiger partial charge in [0.2, 0.25) is 5.91 Å². The SMILES string of the molecule is Cc1ccc(C(=O)N[C@H](C(=O)N2CCc3[nH]c4ccccc4c3C2)C(C)C)cc1. The van der Waals surface area contributed by atoms with Crippen molar-refractivity contribution in [2.75, 3.05) is 6.54 Å². The minimum atomic E-state index is -0.546. The van der Waals surface area contributed by atoms with E-state index in [4.69, 9.17) is 0 Å². The van der Waals surface area contributed by atoms with Crippen molar-refractivity contribution in [1.29, 1.82) is 0 Å². The molecule has 1 atom stereocenters. The molecule has 1 aromatic heterocycles. The van der Waals surface area contributed by atoms with Crippen LogP contribution in [-0.4, -0.2) is 34.3 Å². The van der Waals surface area contributed by atoms with Crippen molar-refractivity contribution in [2.24, 2.45) is 5.92 Å². The molecule has 1 aliphatic heterocycles. The van der Waals surface area contributed by atoms with Gasteiger partial charge in [-0.3, -0.25) is 9.59 Å². The van der Waals surface area contributed by atoms with Gasteiger partial charge in [0, 0.05) is 47.2 Å². The molecule has 5 nitrogen and oxygen atoms in total. The highest BCUT2D eigenvalue weighted by molar-refractivity contribution is 5.97. The van der Waals surface area contributed by atoms with Crippen LogP contribution in [0.1, 0.15) is 41.0 Å². The zero-order chi connectivity index (χ0) is 20.5. The number of hydrogen-bond donors (Lipinski definition) is 2. The monoisotopic (exact) mass is 389 g/mol. The molecule has 5 heteroatoms. The van der Waals surface area contributed by atoms with Gasteiger partial charge in [0.05, 0.1) is 0 Å². The first-order chi connectivity index (χ1) is 13.9. The van der Waals surface area contributed by atoms with Crippen LogP contribution in [0, 0.1) is 12.8 Å². The maximum absolute atomic E-state index is 13.3. The van der Waals surface area contributed by atoms with Gasteiger partial charge < -0.3 is 15.2 Å². The van der Waals surface area contributed by atoms with E-state index in [2.05, 4.69) is 22.4 Å². The quantitative estimate of drug-likeness (QED) is 0.713. The van der Waals surface area contributed by atoms with Gasteiger partial charge in [-0.2, -0.15) is 0 Å². The lowest BCUT2D eigenvalue weighted by Crippen LogP contribution is -2.52. The summed E-state index contributed by atoms with van der Waals surface area (Å²) in [6, 6.07) is 15.1. The number of hydrogen-bond acceptors (Lipinski definition) is 2. The summed E-state index contributed by atoms with van der Waals surface area (Å²) < 4.78 is 0. The van der Waals surface area contributed by atoms with E-state index >= 15 is 0 Å². The van der Waals surface area contributed by atoms with Crippen LogP contribution in [0.3, 0.4) is 0 Å². The zero-order valence-electron chi connectivity index (χ0n) is 17.2. The molecule has 1 aliphatic rings. The number of carbonyl (C=O) groups excluding carboxylic acids is 2. The summed E-state index contributed by atoms with van der Waals surface area (Å²) in [5.74, 6) is -0.223. The molecule has 0 unspecified atom stereocenters. The van der Waals surface area contributed by atoms with Crippen molar-refractivity contribution in [3.05, 3.63) is 70.9 Å². The molecule has 2 N–H and O–H groups in total. The highest BCUT2D eigenvalue weighted by Crippen LogP contribution is 2.28. The van der Waals surface area contributed by atoms with Crippen LogP contribution in [0.25, 0.3) is 10.9 Å². The first kappa shape index (κ1) is 19.2. The molecule has 0 saturated carbocycles. The largest absolute Gasteiger partial charge is 0.358 e. The highest BCUT2D eigenvalue weighted by atomic mass is 16.2. The third-order valence-corrected chi connectivity index (χ3v) is 5.73. The van der Waals surface area contributed by atoms with Crippen molar-refractivity contribution in [1.82, 2.24) is 15.2 Å². The zero-order valence-corrected chi connectivity index (χ0v) is 17.2. The average Bonchev–Trinajstić information content (AvgIpc) is 3.09. The number of aryl methyl sites for hydroxylation is 1. The average molecular weight is 389 g/mol. The van der Waals surface area contributed by atoms with Gasteiger partial charge in [-0.25, -0.2) is 0 Å². The number of aromatic nitrogens is 1. The fourth-order valence-electron chi connectivity index (χ4n) is 3.99. The molecule has 0 bridgehead atoms. The normalized spacial score (nSPS) is 14.7. The summed E-state index contributed by atoms with van der Waals surface area (Å²) in [5, 5.41) is 4.14. The van der Waals surface area contributed by atoms with Crippen LogP contribution >= 0.6 is 0 Å². The molecule has 0 fully saturated rings. The Bertz CT molecular complexity index is 1050. The second kappa shape index (κ2) is 7.74. The van der Waals surface area contributed by atoms with Gasteiger partial charge in [0.15, 0.2) is 0 Å². The number of amides is 2. The Balaban J connectivity index is 1.53. The lowest BCUT2D eigenvalue weighted by atomic mass is 9.99. The molecule has 2 amide bonds. The highest BCUT2D eigenvalue weighted by Gasteiger charge is 2.32. The minimum Gasteiger partial charge on any atom is -0.358 e. The van der Waals surface area contributed by atoms with Gasteiger partial charge in [0.1, 0.15) is 6.04 Å². The Labute approximate surface area is 171 Å². The number of rotatable bonds is 4. The number of carbonyl (C=O) groups is 2. The molecule has 3 aromatic rings. The number of H-pyrrole nitrogens is 1. The number of nitrogens with one attached hydrogen (secondary N) is 2. The molecular weight excluding hydrogens is 362 g/mol. The fraction of sp³-hybridized carbons (Fsp3) is 0.333. The Hall–Kier alpha value is -3.08. The second-order valence-corrected chi connectivity index (χ2v) is 8.20. The molecule has 29 heavy (non-hydrogen) atoms. The molecule has 0 radical (unpaired) electrons. The van der Waals surface area contributed by atoms with Gasteiger partial charge in [-0.15, -0.1) is 0 Å². The second-order valence-electron chi connectivity index (χ2n) is 8.20. The van der Waals surface area contributed by atoms with Gasteiger partial charge in [0.25, 0.3) is 5.91 Å². The summed E-state index contributed by atoms with van der Waals surface area (Å²) in [5.41, 5.74) is 5.18. The predicted octanol–water partition coefficient (Wildman–Crippen LogP) is 3.82. The Morgan fingerprint density at radius 2 is 1.79 bits per heavy atom. The first-order valence-corrected chi connectivity index (χ1v) is 10.2. The number of fused-ring (bicyclic) bond motifs is 3. The van der Waals surface area contributed by atoms with Crippen molar-refractivity contribution < 1.29 is 9.59 Å². The van der Waals surface area contributed by atoms with Crippen LogP contribution in [0.5, 0.6) is 0 Å². The Kier molecular flexibility index (Phi) is 5.14. The molecule has 2 aromatic carbocycles. The van der Waals surface area contributed by atoms with Crippen LogP contribution in [0.2, 0.25) is 0 Å². The molecule has 150 valence electrons. The van der Waals surface area contributed by atoms with Gasteiger partial charge >= 0.3 is 0 Å². The van der Waals surface area contributed by atoms with Crippen LogP contribution in [0.15, 0.2) is 48.5 Å². The third-order valence-electron chi connectivity index (χ3n) is 5.73. The summed E-state index contributed by atoms with van der Waals surface area (Å²) >= 11 is 0. The van der Waals surface area contributed by atoms with Crippen LogP contribution < -0.4 is 5.32 Å². The smallest absolute Gasteiger partial charge is 0.251 e. The van der Waals surface area contributed by atoms with E-state index in [1.54, 1.807) is 12.1 Å².